The first-order chi connectivity index (χ1) is 9.20. The number of carboxylic acids is 4. The Morgan fingerprint density at radius 3 is 0.905 bits per heavy atom. The van der Waals surface area contributed by atoms with E-state index in [4.69, 9.17) is 0 Å². The predicted octanol–water partition coefficient (Wildman–Crippen LogP) is -10.6. The van der Waals surface area contributed by atoms with Crippen LogP contribution in [0.25, 0.3) is 0 Å². The van der Waals surface area contributed by atoms with Gasteiger partial charge in [0.1, 0.15) is 39.3 Å². The SMILES string of the molecule is O=C([O-])C[NH+](CC[NH+](CC(=O)[O-])CC(=O)[O-])CC(=O)[O-].[Ba+2]. The fourth-order valence-corrected chi connectivity index (χ4v) is 1.65. The predicted molar refractivity (Wildman–Crippen MR) is 56.9 cm³/mol. The van der Waals surface area contributed by atoms with Crippen molar-refractivity contribution in [3.05, 3.63) is 0 Å². The maximum absolute atomic E-state index is 10.4. The van der Waals surface area contributed by atoms with Gasteiger partial charge in [0.15, 0.2) is 0 Å². The van der Waals surface area contributed by atoms with Crippen LogP contribution in [0.2, 0.25) is 0 Å². The van der Waals surface area contributed by atoms with E-state index < -0.39 is 50.1 Å². The molecule has 21 heavy (non-hydrogen) atoms. The molecule has 0 atom stereocenters. The van der Waals surface area contributed by atoms with Crippen molar-refractivity contribution in [2.45, 2.75) is 0 Å². The van der Waals surface area contributed by atoms with Crippen LogP contribution < -0.4 is 30.2 Å². The Bertz CT molecular complexity index is 321. The van der Waals surface area contributed by atoms with Gasteiger partial charge in [-0.2, -0.15) is 0 Å². The van der Waals surface area contributed by atoms with Crippen molar-refractivity contribution < 1.29 is 49.4 Å². The van der Waals surface area contributed by atoms with Crippen molar-refractivity contribution in [2.75, 3.05) is 39.3 Å². The molecule has 0 aromatic carbocycles. The zero-order valence-electron chi connectivity index (χ0n) is 11.2. The second kappa shape index (κ2) is 12.0. The van der Waals surface area contributed by atoms with Crippen LogP contribution in [0.1, 0.15) is 0 Å². The maximum atomic E-state index is 10.4. The molecule has 0 rings (SSSR count). The number of carboxylic acid groups (broad SMARTS) is 4. The molecule has 0 radical (unpaired) electrons. The van der Waals surface area contributed by atoms with Crippen molar-refractivity contribution in [1.29, 1.82) is 0 Å². The summed E-state index contributed by atoms with van der Waals surface area (Å²) in [6.45, 7) is -2.62. The third kappa shape index (κ3) is 14.1. The number of carbonyl (C=O) groups is 4. The molecule has 0 spiro atoms. The molecule has 0 unspecified atom stereocenters. The number of hydrogen-bond donors (Lipinski definition) is 2. The van der Waals surface area contributed by atoms with E-state index >= 15 is 0 Å². The molecular formula is C10H14BaN2O8. The van der Waals surface area contributed by atoms with Crippen LogP contribution in [0.3, 0.4) is 0 Å². The van der Waals surface area contributed by atoms with E-state index in [0.717, 1.165) is 0 Å². The number of nitrogens with one attached hydrogen (secondary N) is 2. The molecule has 0 amide bonds. The quantitative estimate of drug-likeness (QED) is 0.306. The second-order valence-electron chi connectivity index (χ2n) is 4.20. The molecule has 10 nitrogen and oxygen atoms in total. The molecule has 0 bridgehead atoms. The molecule has 0 saturated heterocycles. The number of quaternary nitrogens is 2. The number of rotatable bonds is 11. The monoisotopic (exact) mass is 428 g/mol. The fraction of sp³-hybridized carbons (Fsp3) is 0.600. The molecule has 0 aromatic heterocycles. The van der Waals surface area contributed by atoms with Gasteiger partial charge in [0.05, 0.1) is 23.9 Å². The molecule has 11 heteroatoms. The average molecular weight is 428 g/mol. The Morgan fingerprint density at radius 1 is 0.571 bits per heavy atom. The van der Waals surface area contributed by atoms with Crippen molar-refractivity contribution in [3.63, 3.8) is 0 Å². The van der Waals surface area contributed by atoms with E-state index in [-0.39, 0.29) is 71.8 Å². The van der Waals surface area contributed by atoms with Gasteiger partial charge in [-0.1, -0.05) is 0 Å². The number of aliphatic carboxylic acids is 4. The molecule has 0 saturated carbocycles. The summed E-state index contributed by atoms with van der Waals surface area (Å²) in [6.07, 6.45) is 0. The topological polar surface area (TPSA) is 169 Å². The first kappa shape index (κ1) is 22.6. The third-order valence-electron chi connectivity index (χ3n) is 2.41. The normalized spacial score (nSPS) is 10.2. The molecule has 0 aliphatic rings. The maximum Gasteiger partial charge on any atom is 2.00 e. The molecule has 0 aliphatic carbocycles. The van der Waals surface area contributed by atoms with Gasteiger partial charge in [-0.15, -0.1) is 0 Å². The minimum atomic E-state index is -1.48. The molecule has 0 aliphatic heterocycles. The molecule has 0 heterocycles. The minimum Gasteiger partial charge on any atom is -0.544 e. The molecule has 2 N–H and O–H groups in total. The zero-order valence-corrected chi connectivity index (χ0v) is 15.7. The van der Waals surface area contributed by atoms with Crippen LogP contribution in [0, 0.1) is 0 Å². The summed E-state index contributed by atoms with van der Waals surface area (Å²) in [5, 5.41) is 41.7. The van der Waals surface area contributed by atoms with Crippen LogP contribution in [0.5, 0.6) is 0 Å². The van der Waals surface area contributed by atoms with Gasteiger partial charge in [-0.25, -0.2) is 0 Å². The van der Waals surface area contributed by atoms with Crippen LogP contribution in [-0.4, -0.2) is 112 Å². The summed E-state index contributed by atoms with van der Waals surface area (Å²) in [5.74, 6) is -5.93. The van der Waals surface area contributed by atoms with E-state index in [2.05, 4.69) is 0 Å². The van der Waals surface area contributed by atoms with Gasteiger partial charge in [-0.3, -0.25) is 0 Å². The molecular weight excluding hydrogens is 413 g/mol. The van der Waals surface area contributed by atoms with Gasteiger partial charge in [-0.05, 0) is 0 Å². The summed E-state index contributed by atoms with van der Waals surface area (Å²) >= 11 is 0. The summed E-state index contributed by atoms with van der Waals surface area (Å²) in [6, 6.07) is 0. The smallest absolute Gasteiger partial charge is 0.544 e. The Kier molecular flexibility index (Phi) is 12.9. The van der Waals surface area contributed by atoms with Crippen molar-refractivity contribution in [3.8, 4) is 0 Å². The van der Waals surface area contributed by atoms with E-state index in [1.54, 1.807) is 0 Å². The van der Waals surface area contributed by atoms with Gasteiger partial charge in [0.2, 0.25) is 0 Å². The van der Waals surface area contributed by atoms with Crippen LogP contribution in [0.15, 0.2) is 0 Å². The molecule has 0 fully saturated rings. The van der Waals surface area contributed by atoms with Crippen molar-refractivity contribution in [2.24, 2.45) is 0 Å². The summed E-state index contributed by atoms with van der Waals surface area (Å²) in [4.78, 5) is 41.8. The third-order valence-corrected chi connectivity index (χ3v) is 2.41. The summed E-state index contributed by atoms with van der Waals surface area (Å²) in [5.41, 5.74) is 0. The summed E-state index contributed by atoms with van der Waals surface area (Å²) < 4.78 is 0. The van der Waals surface area contributed by atoms with E-state index in [9.17, 15) is 39.6 Å². The Balaban J connectivity index is 0. The van der Waals surface area contributed by atoms with Gasteiger partial charge in [0.25, 0.3) is 0 Å². The zero-order chi connectivity index (χ0) is 15.7. The van der Waals surface area contributed by atoms with E-state index in [0.29, 0.717) is 0 Å². The standard InChI is InChI=1S/C10H16N2O8.Ba/c13-7(14)3-11(4-8(15)16)1-2-12(5-9(17)18)6-10(19)20;/h1-6H2,(H,13,14)(H,15,16)(H,17,18)(H,19,20);/q;+2/p-2. The average Bonchev–Trinajstić information content (AvgIpc) is 2.22. The van der Waals surface area contributed by atoms with Crippen LogP contribution in [0.4, 0.5) is 0 Å². The van der Waals surface area contributed by atoms with Crippen LogP contribution >= 0.6 is 0 Å². The Labute approximate surface area is 160 Å². The van der Waals surface area contributed by atoms with Gasteiger partial charge in [0, 0.05) is 0 Å². The van der Waals surface area contributed by atoms with Crippen molar-refractivity contribution in [1.82, 2.24) is 0 Å². The van der Waals surface area contributed by atoms with Gasteiger partial charge < -0.3 is 49.4 Å². The number of hydrogen-bond acceptors (Lipinski definition) is 8. The van der Waals surface area contributed by atoms with Gasteiger partial charge >= 0.3 is 48.9 Å². The van der Waals surface area contributed by atoms with Crippen molar-refractivity contribution >= 4 is 72.8 Å². The van der Waals surface area contributed by atoms with Crippen LogP contribution in [-0.2, 0) is 19.2 Å². The Hall–Kier alpha value is -0.629. The first-order valence-corrected chi connectivity index (χ1v) is 5.67. The molecule has 0 aromatic rings. The van der Waals surface area contributed by atoms with E-state index in [1.165, 1.54) is 0 Å². The molecule has 114 valence electrons. The first-order valence-electron chi connectivity index (χ1n) is 5.67. The largest absolute Gasteiger partial charge is 2.00 e. The minimum absolute atomic E-state index is 0. The second-order valence-corrected chi connectivity index (χ2v) is 4.20. The summed E-state index contributed by atoms with van der Waals surface area (Å²) in [7, 11) is 0. The Morgan fingerprint density at radius 2 is 0.762 bits per heavy atom. The van der Waals surface area contributed by atoms with E-state index in [1.807, 2.05) is 0 Å². The number of carbonyl (C=O) groups excluding carboxylic acids is 4. The fourth-order valence-electron chi connectivity index (χ4n) is 1.65.